The van der Waals surface area contributed by atoms with Crippen LogP contribution < -0.4 is 16.5 Å². The van der Waals surface area contributed by atoms with Crippen LogP contribution in [0.5, 0.6) is 0 Å². The summed E-state index contributed by atoms with van der Waals surface area (Å²) in [6, 6.07) is 0. The molecule has 0 radical (unpaired) electrons. The van der Waals surface area contributed by atoms with E-state index in [1.807, 2.05) is 5.25 Å². The summed E-state index contributed by atoms with van der Waals surface area (Å²) in [5.74, 6) is -0.0936. The summed E-state index contributed by atoms with van der Waals surface area (Å²) in [7, 11) is -1.64. The van der Waals surface area contributed by atoms with Gasteiger partial charge in [0, 0.05) is 7.11 Å². The predicted octanol–water partition coefficient (Wildman–Crippen LogP) is -2.12. The molecular formula is C11H17N6O7P. The van der Waals surface area contributed by atoms with E-state index >= 15 is 0 Å². The van der Waals surface area contributed by atoms with Crippen molar-refractivity contribution in [2.45, 2.75) is 24.5 Å². The quantitative estimate of drug-likeness (QED) is 0.274. The molecule has 138 valence electrons. The fourth-order valence-corrected chi connectivity index (χ4v) is 2.86. The Kier molecular flexibility index (Phi) is 5.15. The second-order valence-corrected chi connectivity index (χ2v) is 6.06. The van der Waals surface area contributed by atoms with E-state index in [0.717, 1.165) is 0 Å². The summed E-state index contributed by atoms with van der Waals surface area (Å²) in [6.07, 6.45) is -2.32. The summed E-state index contributed by atoms with van der Waals surface area (Å²) < 4.78 is 23.0. The van der Waals surface area contributed by atoms with Crippen molar-refractivity contribution in [3.8, 4) is 0 Å². The van der Waals surface area contributed by atoms with Crippen LogP contribution >= 0.6 is 8.18 Å². The van der Waals surface area contributed by atoms with Crippen LogP contribution in [0, 0.1) is 0 Å². The summed E-state index contributed by atoms with van der Waals surface area (Å²) in [4.78, 5) is 35.7. The first kappa shape index (κ1) is 17.9. The summed E-state index contributed by atoms with van der Waals surface area (Å²) in [6.45, 7) is -0.211. The number of hydrogen-bond donors (Lipinski definition) is 5. The van der Waals surface area contributed by atoms with Crippen molar-refractivity contribution in [2.24, 2.45) is 0 Å². The van der Waals surface area contributed by atoms with Crippen molar-refractivity contribution >= 4 is 25.3 Å². The van der Waals surface area contributed by atoms with E-state index in [1.165, 1.54) is 18.0 Å². The maximum Gasteiger partial charge on any atom is 0.280 e. The van der Waals surface area contributed by atoms with Gasteiger partial charge in [-0.3, -0.25) is 23.7 Å². The van der Waals surface area contributed by atoms with Gasteiger partial charge >= 0.3 is 0 Å². The molecule has 2 aromatic heterocycles. The molecule has 14 heteroatoms. The number of imidazole rings is 1. The molecule has 1 aliphatic heterocycles. The molecular weight excluding hydrogens is 359 g/mol. The largest absolute Gasteiger partial charge is 0.387 e. The highest BCUT2D eigenvalue weighted by Gasteiger charge is 2.46. The highest BCUT2D eigenvalue weighted by atomic mass is 31.1. The number of aromatic amines is 1. The van der Waals surface area contributed by atoms with Gasteiger partial charge in [-0.25, -0.2) is 4.98 Å². The van der Waals surface area contributed by atoms with Gasteiger partial charge in [-0.05, 0) is 0 Å². The number of rotatable bonds is 6. The van der Waals surface area contributed by atoms with Crippen LogP contribution in [0.25, 0.3) is 11.2 Å². The highest BCUT2D eigenvalue weighted by Crippen LogP contribution is 2.33. The Morgan fingerprint density at radius 2 is 2.36 bits per heavy atom. The van der Waals surface area contributed by atoms with Gasteiger partial charge in [-0.15, -0.1) is 5.25 Å². The Morgan fingerprint density at radius 1 is 1.60 bits per heavy atom. The van der Waals surface area contributed by atoms with Crippen LogP contribution in [-0.2, 0) is 18.9 Å². The first-order valence-corrected chi connectivity index (χ1v) is 8.47. The van der Waals surface area contributed by atoms with Gasteiger partial charge in [0.2, 0.25) is 5.95 Å². The van der Waals surface area contributed by atoms with Gasteiger partial charge in [-0.2, -0.15) is 4.98 Å². The number of aliphatic hydroxyl groups excluding tert-OH is 1. The van der Waals surface area contributed by atoms with E-state index in [-0.39, 0.29) is 23.7 Å². The zero-order valence-electron chi connectivity index (χ0n) is 12.9. The molecule has 1 saturated heterocycles. The fourth-order valence-electron chi connectivity index (χ4n) is 2.65. The molecule has 1 aliphatic rings. The van der Waals surface area contributed by atoms with Crippen LogP contribution in [0.4, 0.5) is 5.95 Å². The number of nitrogen functional groups attached to an aromatic ring is 1. The topological polar surface area (TPSA) is 187 Å². The molecule has 0 saturated carbocycles. The van der Waals surface area contributed by atoms with Crippen LogP contribution in [0.3, 0.4) is 0 Å². The monoisotopic (exact) mass is 376 g/mol. The van der Waals surface area contributed by atoms with Crippen LogP contribution in [0.2, 0.25) is 0 Å². The van der Waals surface area contributed by atoms with E-state index in [2.05, 4.69) is 15.0 Å². The van der Waals surface area contributed by atoms with Crippen LogP contribution in [0.1, 0.15) is 6.23 Å². The van der Waals surface area contributed by atoms with Crippen LogP contribution in [-0.4, -0.2) is 61.5 Å². The minimum atomic E-state index is -3.02. The lowest BCUT2D eigenvalue weighted by atomic mass is 10.1. The third kappa shape index (κ3) is 3.43. The predicted molar refractivity (Wildman–Crippen MR) is 83.6 cm³/mol. The number of methoxy groups -OCH3 is 1. The maximum atomic E-state index is 11.9. The number of H-pyrrole nitrogens is 1. The number of nitrogens with one attached hydrogen (secondary N) is 2. The molecule has 5 atom stereocenters. The molecule has 0 bridgehead atoms. The van der Waals surface area contributed by atoms with Crippen molar-refractivity contribution in [2.75, 3.05) is 19.5 Å². The number of nitrogens with zero attached hydrogens (tertiary/aromatic N) is 3. The average molecular weight is 376 g/mol. The molecule has 3 unspecified atom stereocenters. The van der Waals surface area contributed by atoms with E-state index in [9.17, 15) is 14.5 Å². The van der Waals surface area contributed by atoms with Gasteiger partial charge in [0.25, 0.3) is 13.7 Å². The number of anilines is 1. The molecule has 25 heavy (non-hydrogen) atoms. The minimum Gasteiger partial charge on any atom is -0.387 e. The molecule has 0 aromatic carbocycles. The lowest BCUT2D eigenvalue weighted by molar-refractivity contribution is -0.0764. The van der Waals surface area contributed by atoms with Crippen molar-refractivity contribution < 1.29 is 28.9 Å². The van der Waals surface area contributed by atoms with Gasteiger partial charge in [-0.1, -0.05) is 0 Å². The van der Waals surface area contributed by atoms with Crippen molar-refractivity contribution in [3.63, 3.8) is 0 Å². The number of aromatic nitrogens is 4. The van der Waals surface area contributed by atoms with Gasteiger partial charge in [0.05, 0.1) is 12.9 Å². The molecule has 2 aromatic rings. The summed E-state index contributed by atoms with van der Waals surface area (Å²) in [5, 5.41) is 12.2. The molecule has 0 aliphatic carbocycles. The maximum absolute atomic E-state index is 11.9. The van der Waals surface area contributed by atoms with Crippen molar-refractivity contribution in [3.05, 3.63) is 16.7 Å². The Morgan fingerprint density at radius 3 is 3.04 bits per heavy atom. The highest BCUT2D eigenvalue weighted by molar-refractivity contribution is 7.35. The smallest absolute Gasteiger partial charge is 0.280 e. The first-order valence-electron chi connectivity index (χ1n) is 7.11. The SMILES string of the molecule is COC1C(O)[C@@H](CON[PH](=O)O)O[C@H]1n1cnc2c(=O)[nH]c(N)nc21. The second-order valence-electron chi connectivity index (χ2n) is 5.25. The van der Waals surface area contributed by atoms with Crippen molar-refractivity contribution in [1.29, 1.82) is 0 Å². The number of ether oxygens (including phenoxy) is 2. The Labute approximate surface area is 140 Å². The van der Waals surface area contributed by atoms with Crippen molar-refractivity contribution in [1.82, 2.24) is 24.8 Å². The summed E-state index contributed by atoms with van der Waals surface area (Å²) in [5.41, 5.74) is 5.28. The average Bonchev–Trinajstić information content (AvgIpc) is 3.08. The van der Waals surface area contributed by atoms with Crippen LogP contribution in [0.15, 0.2) is 11.1 Å². The molecule has 13 nitrogen and oxygen atoms in total. The molecule has 3 rings (SSSR count). The van der Waals surface area contributed by atoms with Gasteiger partial charge < -0.3 is 25.2 Å². The normalized spacial score (nSPS) is 27.8. The van der Waals surface area contributed by atoms with E-state index < -0.39 is 38.3 Å². The molecule has 3 heterocycles. The molecule has 6 N–H and O–H groups in total. The number of nitrogens with two attached hydrogens (primary N) is 1. The minimum absolute atomic E-state index is 0.0578. The second kappa shape index (κ2) is 7.17. The van der Waals surface area contributed by atoms with Gasteiger partial charge in [0.15, 0.2) is 17.4 Å². The third-order valence-electron chi connectivity index (χ3n) is 3.72. The molecule has 0 amide bonds. The zero-order valence-corrected chi connectivity index (χ0v) is 13.9. The van der Waals surface area contributed by atoms with E-state index in [0.29, 0.717) is 0 Å². The number of aliphatic hydroxyl groups is 1. The Hall–Kier alpha value is -1.86. The van der Waals surface area contributed by atoms with Gasteiger partial charge in [0.1, 0.15) is 18.3 Å². The Bertz CT molecular complexity index is 840. The summed E-state index contributed by atoms with van der Waals surface area (Å²) >= 11 is 0. The number of hydrogen-bond acceptors (Lipinski definition) is 9. The standard InChI is InChI=1S/C11H17N6O7P/c1-22-7-6(18)4(2-23-16-25(20)21)24-10(7)17-3-13-5-8(17)14-11(12)15-9(5)19/h3-4,6-7,10,18,25H,2H2,1H3,(H2,16,20,21)(H3,12,14,15,19)/t4-,6?,7?,10-/m1/s1. The lowest BCUT2D eigenvalue weighted by Gasteiger charge is -2.19. The zero-order chi connectivity index (χ0) is 18.1. The third-order valence-corrected chi connectivity index (χ3v) is 4.04. The fraction of sp³-hybridized carbons (Fsp3) is 0.545. The molecule has 0 spiro atoms. The first-order chi connectivity index (χ1) is 11.9. The van der Waals surface area contributed by atoms with E-state index in [1.54, 1.807) is 0 Å². The lowest BCUT2D eigenvalue weighted by Crippen LogP contribution is -2.35. The molecule has 1 fully saturated rings. The Balaban J connectivity index is 1.88. The van der Waals surface area contributed by atoms with E-state index in [4.69, 9.17) is 24.9 Å². The number of fused-ring (bicyclic) bond motifs is 1.